The van der Waals surface area contributed by atoms with Crippen LogP contribution in [0.25, 0.3) is 0 Å². The molecule has 1 aromatic heterocycles. The number of H-pyrrole nitrogens is 1. The maximum absolute atomic E-state index is 4.46. The Morgan fingerprint density at radius 1 is 1.44 bits per heavy atom. The van der Waals surface area contributed by atoms with E-state index in [1.807, 2.05) is 6.20 Å². The summed E-state index contributed by atoms with van der Waals surface area (Å²) in [4.78, 5) is 10.5. The molecule has 1 aliphatic carbocycles. The molecule has 1 N–H and O–H groups in total. The molecule has 0 spiro atoms. The third-order valence-corrected chi connectivity index (χ3v) is 4.12. The van der Waals surface area contributed by atoms with Gasteiger partial charge in [-0.3, -0.25) is 0 Å². The first-order valence-corrected chi connectivity index (χ1v) is 6.55. The Kier molecular flexibility index (Phi) is 2.72. The predicted octanol–water partition coefficient (Wildman–Crippen LogP) is 2.31. The molecule has 3 heteroatoms. The summed E-state index contributed by atoms with van der Waals surface area (Å²) in [7, 11) is 0. The van der Waals surface area contributed by atoms with Gasteiger partial charge in [0, 0.05) is 30.9 Å². The van der Waals surface area contributed by atoms with E-state index in [1.54, 1.807) is 0 Å². The molecule has 1 saturated carbocycles. The number of rotatable bonds is 3. The molecule has 1 aliphatic heterocycles. The van der Waals surface area contributed by atoms with Crippen molar-refractivity contribution in [3.05, 3.63) is 17.7 Å². The Morgan fingerprint density at radius 3 is 2.94 bits per heavy atom. The second-order valence-corrected chi connectivity index (χ2v) is 5.49. The number of nitrogens with zero attached hydrogens (tertiary/aromatic N) is 2. The average Bonchev–Trinajstić information content (AvgIpc) is 2.80. The zero-order chi connectivity index (χ0) is 11.0. The summed E-state index contributed by atoms with van der Waals surface area (Å²) in [6.45, 7) is 5.89. The first kappa shape index (κ1) is 10.3. The van der Waals surface area contributed by atoms with Gasteiger partial charge in [-0.2, -0.15) is 0 Å². The van der Waals surface area contributed by atoms with E-state index < -0.39 is 0 Å². The van der Waals surface area contributed by atoms with E-state index in [-0.39, 0.29) is 0 Å². The fraction of sp³-hybridized carbons (Fsp3) is 0.769. The van der Waals surface area contributed by atoms with E-state index in [0.717, 1.165) is 5.92 Å². The quantitative estimate of drug-likeness (QED) is 0.846. The summed E-state index contributed by atoms with van der Waals surface area (Å²) in [6.07, 6.45) is 7.60. The molecule has 1 saturated heterocycles. The van der Waals surface area contributed by atoms with Gasteiger partial charge >= 0.3 is 0 Å². The van der Waals surface area contributed by atoms with Crippen LogP contribution in [0.2, 0.25) is 0 Å². The first-order valence-electron chi connectivity index (χ1n) is 6.55. The molecule has 0 radical (unpaired) electrons. The minimum absolute atomic E-state index is 0.647. The van der Waals surface area contributed by atoms with Crippen molar-refractivity contribution in [3.8, 4) is 0 Å². The largest absolute Gasteiger partial charge is 0.346 e. The summed E-state index contributed by atoms with van der Waals surface area (Å²) < 4.78 is 0. The van der Waals surface area contributed by atoms with Crippen molar-refractivity contribution in [1.29, 1.82) is 0 Å². The van der Waals surface area contributed by atoms with Crippen LogP contribution >= 0.6 is 0 Å². The third-order valence-electron chi connectivity index (χ3n) is 4.12. The minimum atomic E-state index is 0.647. The number of hydrogen-bond acceptors (Lipinski definition) is 2. The number of aromatic amines is 1. The first-order chi connectivity index (χ1) is 7.81. The van der Waals surface area contributed by atoms with Crippen molar-refractivity contribution in [2.75, 3.05) is 19.6 Å². The van der Waals surface area contributed by atoms with Crippen LogP contribution in [0.5, 0.6) is 0 Å². The zero-order valence-electron chi connectivity index (χ0n) is 10.1. The lowest BCUT2D eigenvalue weighted by molar-refractivity contribution is 0.203. The maximum Gasteiger partial charge on any atom is 0.110 e. The van der Waals surface area contributed by atoms with E-state index in [2.05, 4.69) is 21.8 Å². The SMILES string of the molecule is Cc1cnc([C@@H]2CCN(CC3CCC3)C2)[nH]1. The smallest absolute Gasteiger partial charge is 0.110 e. The van der Waals surface area contributed by atoms with E-state index in [1.165, 1.54) is 56.8 Å². The number of likely N-dealkylation sites (tertiary alicyclic amines) is 1. The molecule has 0 unspecified atom stereocenters. The average molecular weight is 219 g/mol. The maximum atomic E-state index is 4.46. The molecule has 3 rings (SSSR count). The summed E-state index contributed by atoms with van der Waals surface area (Å²) in [5.41, 5.74) is 1.19. The van der Waals surface area contributed by atoms with Crippen molar-refractivity contribution >= 4 is 0 Å². The Labute approximate surface area is 97.3 Å². The molecule has 1 atom stereocenters. The molecule has 2 aliphatic rings. The van der Waals surface area contributed by atoms with Crippen LogP contribution < -0.4 is 0 Å². The van der Waals surface area contributed by atoms with Gasteiger partial charge in [-0.15, -0.1) is 0 Å². The number of hydrogen-bond donors (Lipinski definition) is 1. The second-order valence-electron chi connectivity index (χ2n) is 5.49. The fourth-order valence-corrected chi connectivity index (χ4v) is 2.90. The van der Waals surface area contributed by atoms with Crippen LogP contribution in [-0.4, -0.2) is 34.5 Å². The van der Waals surface area contributed by atoms with E-state index in [4.69, 9.17) is 0 Å². The number of imidazole rings is 1. The lowest BCUT2D eigenvalue weighted by Gasteiger charge is -2.29. The highest BCUT2D eigenvalue weighted by atomic mass is 15.2. The van der Waals surface area contributed by atoms with Crippen molar-refractivity contribution in [2.45, 2.75) is 38.5 Å². The lowest BCUT2D eigenvalue weighted by atomic mass is 9.85. The van der Waals surface area contributed by atoms with Gasteiger partial charge < -0.3 is 9.88 Å². The highest BCUT2D eigenvalue weighted by Crippen LogP contribution is 2.31. The van der Waals surface area contributed by atoms with Crippen molar-refractivity contribution in [2.24, 2.45) is 5.92 Å². The van der Waals surface area contributed by atoms with Gasteiger partial charge in [-0.1, -0.05) is 6.42 Å². The van der Waals surface area contributed by atoms with Gasteiger partial charge in [0.2, 0.25) is 0 Å². The molecule has 0 aromatic carbocycles. The van der Waals surface area contributed by atoms with Gasteiger partial charge in [-0.05, 0) is 38.6 Å². The summed E-state index contributed by atoms with van der Waals surface area (Å²) in [6, 6.07) is 0. The molecule has 2 heterocycles. The third kappa shape index (κ3) is 2.01. The Morgan fingerprint density at radius 2 is 2.31 bits per heavy atom. The molecule has 0 amide bonds. The van der Waals surface area contributed by atoms with Crippen LogP contribution in [0, 0.1) is 12.8 Å². The number of aryl methyl sites for hydroxylation is 1. The Bertz CT molecular complexity index is 354. The Hall–Kier alpha value is -0.830. The number of aromatic nitrogens is 2. The van der Waals surface area contributed by atoms with Crippen molar-refractivity contribution in [1.82, 2.24) is 14.9 Å². The topological polar surface area (TPSA) is 31.9 Å². The molecule has 0 bridgehead atoms. The van der Waals surface area contributed by atoms with Crippen LogP contribution in [0.1, 0.15) is 43.1 Å². The van der Waals surface area contributed by atoms with E-state index >= 15 is 0 Å². The lowest BCUT2D eigenvalue weighted by Crippen LogP contribution is -2.30. The normalized spacial score (nSPS) is 27.2. The van der Waals surface area contributed by atoms with Crippen LogP contribution in [0.3, 0.4) is 0 Å². The van der Waals surface area contributed by atoms with Gasteiger partial charge in [0.1, 0.15) is 5.82 Å². The van der Waals surface area contributed by atoms with Crippen LogP contribution in [0.15, 0.2) is 6.20 Å². The second kappa shape index (κ2) is 4.21. The highest BCUT2D eigenvalue weighted by Gasteiger charge is 2.28. The minimum Gasteiger partial charge on any atom is -0.346 e. The summed E-state index contributed by atoms with van der Waals surface area (Å²) in [5.74, 6) is 2.85. The van der Waals surface area contributed by atoms with Crippen LogP contribution in [-0.2, 0) is 0 Å². The molecule has 88 valence electrons. The molecular weight excluding hydrogens is 198 g/mol. The van der Waals surface area contributed by atoms with Crippen molar-refractivity contribution < 1.29 is 0 Å². The Balaban J connectivity index is 1.55. The molecule has 2 fully saturated rings. The summed E-state index contributed by atoms with van der Waals surface area (Å²) in [5, 5.41) is 0. The standard InChI is InChI=1S/C13H21N3/c1-10-7-14-13(15-10)12-5-6-16(9-12)8-11-3-2-4-11/h7,11-12H,2-6,8-9H2,1H3,(H,14,15)/t12-/m1/s1. The molecule has 3 nitrogen and oxygen atoms in total. The predicted molar refractivity (Wildman–Crippen MR) is 64.5 cm³/mol. The van der Waals surface area contributed by atoms with Gasteiger partial charge in [0.05, 0.1) is 0 Å². The van der Waals surface area contributed by atoms with Crippen molar-refractivity contribution in [3.63, 3.8) is 0 Å². The van der Waals surface area contributed by atoms with Gasteiger partial charge in [-0.25, -0.2) is 4.98 Å². The fourth-order valence-electron chi connectivity index (χ4n) is 2.90. The molecular formula is C13H21N3. The molecule has 1 aromatic rings. The molecule has 16 heavy (non-hydrogen) atoms. The zero-order valence-corrected chi connectivity index (χ0v) is 10.1. The van der Waals surface area contributed by atoms with E-state index in [0.29, 0.717) is 5.92 Å². The highest BCUT2D eigenvalue weighted by molar-refractivity contribution is 5.06. The van der Waals surface area contributed by atoms with E-state index in [9.17, 15) is 0 Å². The number of nitrogens with one attached hydrogen (secondary N) is 1. The monoisotopic (exact) mass is 219 g/mol. The van der Waals surface area contributed by atoms with Gasteiger partial charge in [0.15, 0.2) is 0 Å². The van der Waals surface area contributed by atoms with Gasteiger partial charge in [0.25, 0.3) is 0 Å². The van der Waals surface area contributed by atoms with Crippen LogP contribution in [0.4, 0.5) is 0 Å². The summed E-state index contributed by atoms with van der Waals surface area (Å²) >= 11 is 0.